The molecule has 0 bridgehead atoms. The maximum Gasteiger partial charge on any atom is 0.185 e. The van der Waals surface area contributed by atoms with E-state index in [0.717, 1.165) is 35.3 Å². The van der Waals surface area contributed by atoms with Gasteiger partial charge in [-0.2, -0.15) is 0 Å². The molecule has 1 N–H and O–H groups in total. The molecule has 0 radical (unpaired) electrons. The molecule has 5 heteroatoms. The van der Waals surface area contributed by atoms with Crippen molar-refractivity contribution in [2.45, 2.75) is 32.8 Å². The molecule has 1 rings (SSSR count). The second-order valence-corrected chi connectivity index (χ2v) is 5.45. The number of hydrogen-bond donors (Lipinski definition) is 1. The molecule has 1 aromatic heterocycles. The van der Waals surface area contributed by atoms with Crippen LogP contribution in [0.25, 0.3) is 0 Å². The Balaban J connectivity index is 2.70. The van der Waals surface area contributed by atoms with Crippen LogP contribution in [0, 0.1) is 0 Å². The fourth-order valence-electron chi connectivity index (χ4n) is 1.62. The molecule has 4 nitrogen and oxygen atoms in total. The van der Waals surface area contributed by atoms with Crippen molar-refractivity contribution in [2.24, 2.45) is 0 Å². The number of aliphatic hydroxyl groups is 1. The highest BCUT2D eigenvalue weighted by atomic mass is 32.1. The molecule has 0 saturated heterocycles. The number of anilines is 1. The zero-order valence-electron chi connectivity index (χ0n) is 11.1. The van der Waals surface area contributed by atoms with Crippen molar-refractivity contribution in [3.05, 3.63) is 10.6 Å². The molecule has 98 valence electrons. The van der Waals surface area contributed by atoms with Crippen molar-refractivity contribution in [3.63, 3.8) is 0 Å². The first-order valence-corrected chi connectivity index (χ1v) is 6.72. The quantitative estimate of drug-likeness (QED) is 0.762. The first-order valence-electron chi connectivity index (χ1n) is 5.90. The number of hydrogen-bond acceptors (Lipinski definition) is 5. The van der Waals surface area contributed by atoms with Crippen molar-refractivity contribution < 1.29 is 9.84 Å². The van der Waals surface area contributed by atoms with Crippen molar-refractivity contribution in [2.75, 3.05) is 32.2 Å². The molecule has 0 saturated carbocycles. The third-order valence-electron chi connectivity index (χ3n) is 2.58. The molecular weight excluding hydrogens is 236 g/mol. The van der Waals surface area contributed by atoms with Crippen molar-refractivity contribution >= 4 is 16.5 Å². The highest BCUT2D eigenvalue weighted by molar-refractivity contribution is 7.15. The van der Waals surface area contributed by atoms with Crippen LogP contribution in [0.1, 0.15) is 36.8 Å². The molecule has 0 unspecified atom stereocenters. The lowest BCUT2D eigenvalue weighted by Gasteiger charge is -2.14. The Morgan fingerprint density at radius 2 is 2.18 bits per heavy atom. The summed E-state index contributed by atoms with van der Waals surface area (Å²) >= 11 is 1.58. The van der Waals surface area contributed by atoms with Crippen LogP contribution in [-0.2, 0) is 11.3 Å². The van der Waals surface area contributed by atoms with Crippen molar-refractivity contribution in [1.82, 2.24) is 4.98 Å². The summed E-state index contributed by atoms with van der Waals surface area (Å²) in [7, 11) is 3.74. The van der Waals surface area contributed by atoms with Gasteiger partial charge in [-0.15, -0.1) is 0 Å². The van der Waals surface area contributed by atoms with E-state index in [1.54, 1.807) is 18.4 Å². The maximum atomic E-state index is 9.31. The van der Waals surface area contributed by atoms with Gasteiger partial charge in [-0.05, 0) is 12.3 Å². The Bertz CT molecular complexity index is 339. The van der Waals surface area contributed by atoms with Gasteiger partial charge in [0.25, 0.3) is 0 Å². The number of nitrogens with zero attached hydrogens (tertiary/aromatic N) is 2. The Morgan fingerprint density at radius 1 is 1.47 bits per heavy atom. The predicted molar refractivity (Wildman–Crippen MR) is 71.9 cm³/mol. The topological polar surface area (TPSA) is 45.6 Å². The first-order chi connectivity index (χ1) is 8.10. The molecule has 0 aliphatic heterocycles. The van der Waals surface area contributed by atoms with Gasteiger partial charge in [0, 0.05) is 27.3 Å². The number of methoxy groups -OCH3 is 1. The zero-order chi connectivity index (χ0) is 12.8. The van der Waals surface area contributed by atoms with Gasteiger partial charge >= 0.3 is 0 Å². The van der Waals surface area contributed by atoms with Gasteiger partial charge in [0.2, 0.25) is 0 Å². The normalized spacial score (nSPS) is 11.2. The molecule has 0 aliphatic rings. The zero-order valence-corrected chi connectivity index (χ0v) is 11.9. The van der Waals surface area contributed by atoms with E-state index in [1.807, 2.05) is 7.05 Å². The van der Waals surface area contributed by atoms with Gasteiger partial charge in [0.15, 0.2) is 5.13 Å². The van der Waals surface area contributed by atoms with Crippen molar-refractivity contribution in [3.8, 4) is 0 Å². The van der Waals surface area contributed by atoms with Crippen LogP contribution in [-0.4, -0.2) is 37.4 Å². The highest BCUT2D eigenvalue weighted by Crippen LogP contribution is 2.30. The monoisotopic (exact) mass is 258 g/mol. The standard InChI is InChI=1S/C12H22N2O2S/c1-9(2)11-10(8-15)17-12(13-11)14(3)6-5-7-16-4/h9,15H,5-8H2,1-4H3. The molecule has 1 heterocycles. The lowest BCUT2D eigenvalue weighted by Crippen LogP contribution is -2.19. The van der Waals surface area contributed by atoms with Gasteiger partial charge in [0.05, 0.1) is 17.2 Å². The third-order valence-corrected chi connectivity index (χ3v) is 3.75. The molecule has 0 fully saturated rings. The van der Waals surface area contributed by atoms with E-state index in [9.17, 15) is 5.11 Å². The number of ether oxygens (including phenoxy) is 1. The van der Waals surface area contributed by atoms with Crippen LogP contribution in [0.4, 0.5) is 5.13 Å². The third kappa shape index (κ3) is 3.94. The van der Waals surface area contributed by atoms with Crippen LogP contribution in [0.5, 0.6) is 0 Å². The molecule has 0 atom stereocenters. The van der Waals surface area contributed by atoms with Crippen LogP contribution in [0.15, 0.2) is 0 Å². The highest BCUT2D eigenvalue weighted by Gasteiger charge is 2.15. The first kappa shape index (κ1) is 14.4. The van der Waals surface area contributed by atoms with Crippen LogP contribution in [0.3, 0.4) is 0 Å². The van der Waals surface area contributed by atoms with Gasteiger partial charge in [-0.25, -0.2) is 4.98 Å². The van der Waals surface area contributed by atoms with Crippen LogP contribution in [0.2, 0.25) is 0 Å². The lowest BCUT2D eigenvalue weighted by atomic mass is 10.1. The van der Waals surface area contributed by atoms with E-state index in [1.165, 1.54) is 0 Å². The van der Waals surface area contributed by atoms with E-state index in [4.69, 9.17) is 4.74 Å². The van der Waals surface area contributed by atoms with E-state index in [0.29, 0.717) is 5.92 Å². The minimum Gasteiger partial charge on any atom is -0.391 e. The van der Waals surface area contributed by atoms with E-state index < -0.39 is 0 Å². The van der Waals surface area contributed by atoms with E-state index >= 15 is 0 Å². The minimum atomic E-state index is 0.0804. The molecular formula is C12H22N2O2S. The Hall–Kier alpha value is -0.650. The fourth-order valence-corrected chi connectivity index (χ4v) is 2.68. The number of thiazole rings is 1. The van der Waals surface area contributed by atoms with Crippen LogP contribution < -0.4 is 4.90 Å². The molecule has 17 heavy (non-hydrogen) atoms. The smallest absolute Gasteiger partial charge is 0.185 e. The predicted octanol–water partition coefficient (Wildman–Crippen LogP) is 2.23. The Labute approximate surface area is 107 Å². The lowest BCUT2D eigenvalue weighted by molar-refractivity contribution is 0.196. The average Bonchev–Trinajstić information content (AvgIpc) is 2.73. The second-order valence-electron chi connectivity index (χ2n) is 4.39. The molecule has 0 aliphatic carbocycles. The van der Waals surface area contributed by atoms with Gasteiger partial charge in [0.1, 0.15) is 0 Å². The van der Waals surface area contributed by atoms with Gasteiger partial charge in [-0.1, -0.05) is 25.2 Å². The van der Waals surface area contributed by atoms with Gasteiger partial charge in [-0.3, -0.25) is 0 Å². The van der Waals surface area contributed by atoms with Crippen molar-refractivity contribution in [1.29, 1.82) is 0 Å². The summed E-state index contributed by atoms with van der Waals surface area (Å²) in [6, 6.07) is 0. The molecule has 0 spiro atoms. The van der Waals surface area contributed by atoms with Gasteiger partial charge < -0.3 is 14.7 Å². The Morgan fingerprint density at radius 3 is 2.65 bits per heavy atom. The SMILES string of the molecule is COCCCN(C)c1nc(C(C)C)c(CO)s1. The minimum absolute atomic E-state index is 0.0804. The Kier molecular flexibility index (Phi) is 5.88. The summed E-state index contributed by atoms with van der Waals surface area (Å²) in [4.78, 5) is 7.70. The number of aliphatic hydroxyl groups excluding tert-OH is 1. The summed E-state index contributed by atoms with van der Waals surface area (Å²) in [6.07, 6.45) is 0.984. The summed E-state index contributed by atoms with van der Waals surface area (Å²) in [6.45, 7) is 5.96. The summed E-state index contributed by atoms with van der Waals surface area (Å²) in [5.41, 5.74) is 1.02. The second kappa shape index (κ2) is 6.93. The summed E-state index contributed by atoms with van der Waals surface area (Å²) in [5, 5.41) is 10.3. The van der Waals surface area contributed by atoms with E-state index in [-0.39, 0.29) is 6.61 Å². The number of rotatable bonds is 7. The molecule has 0 amide bonds. The average molecular weight is 258 g/mol. The van der Waals surface area contributed by atoms with Crippen LogP contribution >= 0.6 is 11.3 Å². The maximum absolute atomic E-state index is 9.31. The largest absolute Gasteiger partial charge is 0.391 e. The number of aromatic nitrogens is 1. The molecule has 0 aromatic carbocycles. The summed E-state index contributed by atoms with van der Waals surface area (Å²) < 4.78 is 5.03. The van der Waals surface area contributed by atoms with E-state index in [2.05, 4.69) is 23.7 Å². The fraction of sp³-hybridized carbons (Fsp3) is 0.750. The summed E-state index contributed by atoms with van der Waals surface area (Å²) in [5.74, 6) is 0.356. The molecule has 1 aromatic rings.